The van der Waals surface area contributed by atoms with Gasteiger partial charge in [0.2, 0.25) is 47.3 Å². The summed E-state index contributed by atoms with van der Waals surface area (Å²) in [5.41, 5.74) is -2.02. The molecule has 0 aromatic rings. The van der Waals surface area contributed by atoms with Crippen LogP contribution in [0.5, 0.6) is 0 Å². The predicted octanol–water partition coefficient (Wildman–Crippen LogP) is -4.36. The number of aliphatic hydroxyl groups is 9. The smallest absolute Gasteiger partial charge is 0.222 e. The second kappa shape index (κ2) is 48.8. The number of carbonyl (C=O) groups is 8. The van der Waals surface area contributed by atoms with Gasteiger partial charge in [-0.25, -0.2) is 0 Å². The zero-order valence-corrected chi connectivity index (χ0v) is 58.4. The summed E-state index contributed by atoms with van der Waals surface area (Å²) >= 11 is 0. The molecule has 6 unspecified atom stereocenters. The van der Waals surface area contributed by atoms with E-state index in [4.69, 9.17) is 47.4 Å². The Labute approximate surface area is 579 Å². The zero-order chi connectivity index (χ0) is 73.3. The van der Waals surface area contributed by atoms with Gasteiger partial charge in [-0.2, -0.15) is 0 Å². The van der Waals surface area contributed by atoms with Gasteiger partial charge in [-0.15, -0.1) is 0 Å². The largest absolute Gasteiger partial charge is 0.394 e. The van der Waals surface area contributed by atoms with Gasteiger partial charge in [-0.1, -0.05) is 38.5 Å². The molecule has 0 spiro atoms. The van der Waals surface area contributed by atoms with Crippen LogP contribution in [0.3, 0.4) is 0 Å². The zero-order valence-electron chi connectivity index (χ0n) is 58.4. The lowest BCUT2D eigenvalue weighted by Crippen LogP contribution is -2.64. The Morgan fingerprint density at radius 1 is 0.374 bits per heavy atom. The third-order valence-electron chi connectivity index (χ3n) is 16.1. The van der Waals surface area contributed by atoms with Gasteiger partial charge in [0, 0.05) is 92.3 Å². The number of unbranched alkanes of at least 4 members (excludes halogenated alkanes) is 9. The second-order valence-electron chi connectivity index (χ2n) is 25.9. The Hall–Kier alpha value is -5.00. The average molecular weight is 1430 g/mol. The molecule has 3 aliphatic rings. The predicted molar refractivity (Wildman–Crippen MR) is 349 cm³/mol. The number of ether oxygens (including phenoxy) is 10. The third kappa shape index (κ3) is 35.6. The van der Waals surface area contributed by atoms with Crippen LogP contribution in [0, 0.1) is 0 Å². The monoisotopic (exact) mass is 1430 g/mol. The van der Waals surface area contributed by atoms with Gasteiger partial charge in [0.05, 0.1) is 65.1 Å². The van der Waals surface area contributed by atoms with Crippen molar-refractivity contribution in [1.82, 2.24) is 42.5 Å². The fourth-order valence-electron chi connectivity index (χ4n) is 10.7. The summed E-state index contributed by atoms with van der Waals surface area (Å²) in [5.74, 6) is -3.43. The molecule has 17 N–H and O–H groups in total. The summed E-state index contributed by atoms with van der Waals surface area (Å²) in [6.45, 7) is 7.76. The van der Waals surface area contributed by atoms with E-state index in [9.17, 15) is 84.3 Å². The molecule has 0 aliphatic carbocycles. The van der Waals surface area contributed by atoms with E-state index in [0.29, 0.717) is 96.7 Å². The van der Waals surface area contributed by atoms with Crippen LogP contribution in [-0.2, 0) is 85.7 Å². The second-order valence-corrected chi connectivity index (χ2v) is 25.9. The Balaban J connectivity index is 1.57. The van der Waals surface area contributed by atoms with Crippen LogP contribution < -0.4 is 42.5 Å². The van der Waals surface area contributed by atoms with E-state index in [1.807, 2.05) is 20.8 Å². The fourth-order valence-corrected chi connectivity index (χ4v) is 10.7. The van der Waals surface area contributed by atoms with Crippen molar-refractivity contribution >= 4 is 47.3 Å². The quantitative estimate of drug-likeness (QED) is 0.0202. The number of carbonyl (C=O) groups excluding carboxylic acids is 8. The van der Waals surface area contributed by atoms with Crippen molar-refractivity contribution in [1.29, 1.82) is 0 Å². The summed E-state index contributed by atoms with van der Waals surface area (Å²) < 4.78 is 57.9. The van der Waals surface area contributed by atoms with E-state index in [1.54, 1.807) is 0 Å². The highest BCUT2D eigenvalue weighted by atomic mass is 16.7. The molecule has 3 saturated heterocycles. The Morgan fingerprint density at radius 2 is 0.667 bits per heavy atom. The minimum Gasteiger partial charge on any atom is -0.394 e. The van der Waals surface area contributed by atoms with Crippen molar-refractivity contribution in [2.24, 2.45) is 0 Å². The number of nitrogens with one attached hydrogen (secondary N) is 8. The highest BCUT2D eigenvalue weighted by Gasteiger charge is 2.48. The first-order chi connectivity index (χ1) is 47.1. The van der Waals surface area contributed by atoms with Gasteiger partial charge in [-0.3, -0.25) is 38.4 Å². The summed E-state index contributed by atoms with van der Waals surface area (Å²) in [4.78, 5) is 101. The van der Waals surface area contributed by atoms with Gasteiger partial charge in [0.15, 0.2) is 18.9 Å². The Morgan fingerprint density at radius 3 is 0.960 bits per heavy atom. The molecular weight excluding hydrogens is 1310 g/mol. The average Bonchev–Trinajstić information content (AvgIpc) is 0.825. The highest BCUT2D eigenvalue weighted by Crippen LogP contribution is 2.26. The first-order valence-electron chi connectivity index (χ1n) is 34.4. The van der Waals surface area contributed by atoms with Crippen molar-refractivity contribution in [3.8, 4) is 0 Å². The Bertz CT molecular complexity index is 2140. The van der Waals surface area contributed by atoms with Crippen LogP contribution in [0.1, 0.15) is 151 Å². The first kappa shape index (κ1) is 88.2. The van der Waals surface area contributed by atoms with Gasteiger partial charge >= 0.3 is 0 Å². The van der Waals surface area contributed by atoms with E-state index in [0.717, 1.165) is 0 Å². The maximum atomic E-state index is 13.8. The molecule has 0 radical (unpaired) electrons. The minimum atomic E-state index is -1.48. The van der Waals surface area contributed by atoms with Crippen molar-refractivity contribution < 1.29 is 132 Å². The molecule has 99 heavy (non-hydrogen) atoms. The fraction of sp³-hybridized carbons (Fsp3) is 0.875. The maximum Gasteiger partial charge on any atom is 0.222 e. The van der Waals surface area contributed by atoms with Crippen LogP contribution in [0.2, 0.25) is 0 Å². The molecule has 35 heteroatoms. The van der Waals surface area contributed by atoms with Crippen LogP contribution in [-0.4, -0.2) is 302 Å². The number of hydrogen-bond acceptors (Lipinski definition) is 27. The van der Waals surface area contributed by atoms with Gasteiger partial charge in [-0.05, 0) is 59.3 Å². The first-order valence-corrected chi connectivity index (χ1v) is 34.4. The molecule has 3 rings (SSSR count). The number of rotatable bonds is 51. The number of aliphatic hydroxyl groups excluding tert-OH is 9. The molecule has 0 bridgehead atoms. The van der Waals surface area contributed by atoms with Crippen LogP contribution in [0.15, 0.2) is 0 Å². The lowest BCUT2D eigenvalue weighted by Gasteiger charge is -2.42. The summed E-state index contributed by atoms with van der Waals surface area (Å²) in [6.07, 6.45) is -8.35. The molecule has 0 aromatic carbocycles. The van der Waals surface area contributed by atoms with Crippen molar-refractivity contribution in [3.63, 3.8) is 0 Å². The van der Waals surface area contributed by atoms with Crippen LogP contribution in [0.4, 0.5) is 0 Å². The minimum absolute atomic E-state index is 0.0821. The molecule has 15 atom stereocenters. The standard InChI is InChI=1S/C64H116N8O27/c1-40(76)69-51-57(87)54(84)43(33-73)97-60(51)93-27-16-10-7-13-24-65-47(80)21-30-90-36-64(72-50(83)20-19-46(79)68-39-96-63(4,5)6,37-91-31-22-48(81)66-25-14-8-11-17-28-94-61-52(70-41(2)77)58(88)55(85)44(34-74)98-61)38-92-32-23-49(82)67-26-15-9-12-18-29-95-62-53(71-42(3)78)59(89)56(86)45(35-75)99-62/h43-45,51-62,73-75,84-89H,7-39H2,1-6H3,(H,65,80)(H,66,81)(H,67,82)(H,68,79)(H,69,76)(H,70,77)(H,71,78)(H,72,83)/t43?,44?,45?,51?,52?,53?,54-,55-,56-,57+,58+,59+,60+,61+,62+,64?/m0/s1. The number of hydrogen-bond donors (Lipinski definition) is 17. The van der Waals surface area contributed by atoms with Crippen molar-refractivity contribution in [2.75, 3.05) is 106 Å². The molecule has 574 valence electrons. The summed E-state index contributed by atoms with van der Waals surface area (Å²) in [5, 5.41) is 113. The molecule has 8 amide bonds. The summed E-state index contributed by atoms with van der Waals surface area (Å²) in [6, 6.07) is -3.17. The third-order valence-corrected chi connectivity index (χ3v) is 16.1. The molecular formula is C64H116N8O27. The summed E-state index contributed by atoms with van der Waals surface area (Å²) in [7, 11) is 0. The highest BCUT2D eigenvalue weighted by molar-refractivity contribution is 5.84. The lowest BCUT2D eigenvalue weighted by molar-refractivity contribution is -0.270. The van der Waals surface area contributed by atoms with E-state index in [2.05, 4.69) is 42.5 Å². The van der Waals surface area contributed by atoms with Gasteiger partial charge in [0.25, 0.3) is 0 Å². The Kier molecular flexibility index (Phi) is 43.5. The normalized spacial score (nSPS) is 26.1. The molecule has 3 aliphatic heterocycles. The number of amides is 8. The maximum absolute atomic E-state index is 13.8. The van der Waals surface area contributed by atoms with Crippen molar-refractivity contribution in [2.45, 2.75) is 254 Å². The molecule has 35 nitrogen and oxygen atoms in total. The van der Waals surface area contributed by atoms with E-state index < -0.39 is 152 Å². The van der Waals surface area contributed by atoms with E-state index in [1.165, 1.54) is 20.8 Å². The lowest BCUT2D eigenvalue weighted by atomic mass is 9.97. The van der Waals surface area contributed by atoms with Crippen LogP contribution >= 0.6 is 0 Å². The molecule has 0 aromatic heterocycles. The molecule has 3 heterocycles. The van der Waals surface area contributed by atoms with Gasteiger partial charge in [0.1, 0.15) is 85.3 Å². The van der Waals surface area contributed by atoms with Crippen molar-refractivity contribution in [3.05, 3.63) is 0 Å². The SMILES string of the molecule is CC(=O)NC1[C@H](OCCCCCCNC(=O)CCOCC(COCCC(=O)NCCCCCCO[C@@H]2OC(CO)[C@H](O)[C@H](O)C2NC(C)=O)(COCCC(=O)NCCCCCCO[C@@H]2OC(CO)[C@H](O)[C@H](O)C2NC(C)=O)NC(=O)CCC(=O)NCOC(C)(C)C)OC(CO)[C@H](O)[C@@H]1O. The van der Waals surface area contributed by atoms with Gasteiger partial charge < -0.3 is 136 Å². The molecule has 0 saturated carbocycles. The van der Waals surface area contributed by atoms with E-state index in [-0.39, 0.29) is 116 Å². The van der Waals surface area contributed by atoms with E-state index >= 15 is 0 Å². The van der Waals surface area contributed by atoms with Crippen LogP contribution in [0.25, 0.3) is 0 Å². The molecule has 3 fully saturated rings. The topological polar surface area (TPSA) is 507 Å².